The van der Waals surface area contributed by atoms with Crippen LogP contribution < -0.4 is 10.1 Å². The molecule has 0 aliphatic carbocycles. The van der Waals surface area contributed by atoms with Gasteiger partial charge in [0.05, 0.1) is 11.1 Å². The molecular formula is C26H26N4O4. The quantitative estimate of drug-likeness (QED) is 0.369. The van der Waals surface area contributed by atoms with Gasteiger partial charge in [-0.25, -0.2) is 9.97 Å². The highest BCUT2D eigenvalue weighted by Crippen LogP contribution is 2.23. The molecule has 1 aromatic heterocycles. The Balaban J connectivity index is 1.17. The lowest BCUT2D eigenvalue weighted by molar-refractivity contribution is -0.116. The number of rotatable bonds is 9. The fourth-order valence-electron chi connectivity index (χ4n) is 3.85. The molecule has 0 atom stereocenters. The smallest absolute Gasteiger partial charge is 0.322 e. The zero-order valence-corrected chi connectivity index (χ0v) is 19.2. The van der Waals surface area contributed by atoms with Crippen LogP contribution in [-0.2, 0) is 4.79 Å². The standard InChI is InChI=1S/C26H26N4O4/c1-17-16-18(2)28-26(27-17)34-20-13-11-19(12-14-20)29-23(31)10-4-3-7-15-30-24(32)21-8-5-6-9-22(21)25(30)33/h5-6,8-9,11-14,16H,3-4,7,10,15H2,1-2H3,(H,29,31). The van der Waals surface area contributed by atoms with Crippen LogP contribution in [0.2, 0.25) is 0 Å². The van der Waals surface area contributed by atoms with Crippen LogP contribution in [0.3, 0.4) is 0 Å². The maximum atomic E-state index is 12.4. The summed E-state index contributed by atoms with van der Waals surface area (Å²) in [6, 6.07) is 16.0. The van der Waals surface area contributed by atoms with E-state index in [0.717, 1.165) is 17.8 Å². The van der Waals surface area contributed by atoms with E-state index < -0.39 is 0 Å². The highest BCUT2D eigenvalue weighted by Gasteiger charge is 2.34. The van der Waals surface area contributed by atoms with Gasteiger partial charge in [0, 0.05) is 30.0 Å². The summed E-state index contributed by atoms with van der Waals surface area (Å²) in [5.41, 5.74) is 3.25. The first-order valence-electron chi connectivity index (χ1n) is 11.3. The number of amides is 3. The van der Waals surface area contributed by atoms with Crippen LogP contribution in [-0.4, -0.2) is 39.1 Å². The number of ether oxygens (including phenoxy) is 1. The van der Waals surface area contributed by atoms with E-state index in [4.69, 9.17) is 4.74 Å². The molecular weight excluding hydrogens is 432 g/mol. The molecule has 0 radical (unpaired) electrons. The number of nitrogens with zero attached hydrogens (tertiary/aromatic N) is 3. The third-order valence-electron chi connectivity index (χ3n) is 5.47. The van der Waals surface area contributed by atoms with E-state index in [1.54, 1.807) is 48.5 Å². The average Bonchev–Trinajstić information content (AvgIpc) is 3.04. The lowest BCUT2D eigenvalue weighted by atomic mass is 10.1. The molecule has 4 rings (SSSR count). The molecule has 1 aliphatic heterocycles. The van der Waals surface area contributed by atoms with Crippen molar-refractivity contribution in [1.82, 2.24) is 14.9 Å². The second-order valence-electron chi connectivity index (χ2n) is 8.23. The summed E-state index contributed by atoms with van der Waals surface area (Å²) in [5.74, 6) is 0.00734. The first kappa shape index (κ1) is 23.1. The average molecular weight is 459 g/mol. The van der Waals surface area contributed by atoms with Gasteiger partial charge in [0.2, 0.25) is 5.91 Å². The number of anilines is 1. The van der Waals surface area contributed by atoms with Gasteiger partial charge in [0.25, 0.3) is 11.8 Å². The number of nitrogens with one attached hydrogen (secondary N) is 1. The van der Waals surface area contributed by atoms with E-state index in [2.05, 4.69) is 15.3 Å². The fraction of sp³-hybridized carbons (Fsp3) is 0.269. The minimum absolute atomic E-state index is 0.0907. The number of carbonyl (C=O) groups excluding carboxylic acids is 3. The highest BCUT2D eigenvalue weighted by atomic mass is 16.5. The van der Waals surface area contributed by atoms with Gasteiger partial charge in [-0.3, -0.25) is 19.3 Å². The van der Waals surface area contributed by atoms with Crippen LogP contribution in [0.15, 0.2) is 54.6 Å². The Morgan fingerprint density at radius 3 is 2.12 bits per heavy atom. The molecule has 1 N–H and O–H groups in total. The zero-order valence-electron chi connectivity index (χ0n) is 19.2. The van der Waals surface area contributed by atoms with E-state index in [0.29, 0.717) is 48.4 Å². The molecule has 2 heterocycles. The van der Waals surface area contributed by atoms with Crippen molar-refractivity contribution in [3.8, 4) is 11.8 Å². The van der Waals surface area contributed by atoms with Gasteiger partial charge in [0.1, 0.15) is 5.75 Å². The number of imide groups is 1. The number of aromatic nitrogens is 2. The largest absolute Gasteiger partial charge is 0.424 e. The number of carbonyl (C=O) groups is 3. The van der Waals surface area contributed by atoms with Crippen molar-refractivity contribution in [3.63, 3.8) is 0 Å². The molecule has 0 fully saturated rings. The van der Waals surface area contributed by atoms with Gasteiger partial charge < -0.3 is 10.1 Å². The normalized spacial score (nSPS) is 12.6. The van der Waals surface area contributed by atoms with Gasteiger partial charge in [-0.15, -0.1) is 0 Å². The Hall–Kier alpha value is -4.07. The maximum Gasteiger partial charge on any atom is 0.322 e. The molecule has 0 bridgehead atoms. The van der Waals surface area contributed by atoms with Crippen molar-refractivity contribution in [2.75, 3.05) is 11.9 Å². The van der Waals surface area contributed by atoms with E-state index in [9.17, 15) is 14.4 Å². The molecule has 34 heavy (non-hydrogen) atoms. The number of unbranched alkanes of at least 4 members (excludes halogenated alkanes) is 2. The Morgan fingerprint density at radius 2 is 1.50 bits per heavy atom. The van der Waals surface area contributed by atoms with Gasteiger partial charge in [-0.2, -0.15) is 0 Å². The monoisotopic (exact) mass is 458 g/mol. The molecule has 1 aliphatic rings. The lowest BCUT2D eigenvalue weighted by Crippen LogP contribution is -2.30. The summed E-state index contributed by atoms with van der Waals surface area (Å²) >= 11 is 0. The van der Waals surface area contributed by atoms with Crippen molar-refractivity contribution in [2.45, 2.75) is 39.5 Å². The van der Waals surface area contributed by atoms with Crippen molar-refractivity contribution < 1.29 is 19.1 Å². The van der Waals surface area contributed by atoms with Gasteiger partial charge in [0.15, 0.2) is 0 Å². The van der Waals surface area contributed by atoms with E-state index in [1.807, 2.05) is 19.9 Å². The Kier molecular flexibility index (Phi) is 6.96. The first-order chi connectivity index (χ1) is 16.4. The molecule has 8 heteroatoms. The molecule has 0 saturated carbocycles. The molecule has 3 amide bonds. The second-order valence-corrected chi connectivity index (χ2v) is 8.23. The zero-order chi connectivity index (χ0) is 24.1. The van der Waals surface area contributed by atoms with Gasteiger partial charge >= 0.3 is 6.01 Å². The fourth-order valence-corrected chi connectivity index (χ4v) is 3.85. The van der Waals surface area contributed by atoms with Crippen LogP contribution in [0.5, 0.6) is 11.8 Å². The summed E-state index contributed by atoms with van der Waals surface area (Å²) in [6.07, 6.45) is 2.42. The van der Waals surface area contributed by atoms with E-state index >= 15 is 0 Å². The van der Waals surface area contributed by atoms with Crippen LogP contribution in [0.4, 0.5) is 5.69 Å². The molecule has 0 saturated heterocycles. The number of hydrogen-bond donors (Lipinski definition) is 1. The summed E-state index contributed by atoms with van der Waals surface area (Å²) in [7, 11) is 0. The third kappa shape index (κ3) is 5.46. The summed E-state index contributed by atoms with van der Waals surface area (Å²) < 4.78 is 5.68. The minimum atomic E-state index is -0.241. The minimum Gasteiger partial charge on any atom is -0.424 e. The van der Waals surface area contributed by atoms with Crippen LogP contribution in [0, 0.1) is 13.8 Å². The molecule has 0 spiro atoms. The van der Waals surface area contributed by atoms with Crippen LogP contribution in [0.1, 0.15) is 57.8 Å². The molecule has 174 valence electrons. The van der Waals surface area contributed by atoms with E-state index in [1.165, 1.54) is 4.90 Å². The molecule has 8 nitrogen and oxygen atoms in total. The van der Waals surface area contributed by atoms with Gasteiger partial charge in [-0.05, 0) is 69.2 Å². The summed E-state index contributed by atoms with van der Waals surface area (Å²) in [6.45, 7) is 4.12. The Labute approximate surface area is 198 Å². The number of benzene rings is 2. The first-order valence-corrected chi connectivity index (χ1v) is 11.3. The SMILES string of the molecule is Cc1cc(C)nc(Oc2ccc(NC(=O)CCCCCN3C(=O)c4ccccc4C3=O)cc2)n1. The molecule has 2 aromatic carbocycles. The molecule has 0 unspecified atom stereocenters. The van der Waals surface area contributed by atoms with Crippen molar-refractivity contribution in [3.05, 3.63) is 77.1 Å². The summed E-state index contributed by atoms with van der Waals surface area (Å²) in [5, 5.41) is 2.86. The van der Waals surface area contributed by atoms with Crippen molar-refractivity contribution in [2.24, 2.45) is 0 Å². The topological polar surface area (TPSA) is 101 Å². The second kappa shape index (κ2) is 10.2. The van der Waals surface area contributed by atoms with Gasteiger partial charge in [-0.1, -0.05) is 18.6 Å². The Morgan fingerprint density at radius 1 is 0.882 bits per heavy atom. The number of fused-ring (bicyclic) bond motifs is 1. The van der Waals surface area contributed by atoms with E-state index in [-0.39, 0.29) is 23.7 Å². The van der Waals surface area contributed by atoms with Crippen LogP contribution in [0.25, 0.3) is 0 Å². The predicted molar refractivity (Wildman–Crippen MR) is 127 cm³/mol. The van der Waals surface area contributed by atoms with Crippen molar-refractivity contribution >= 4 is 23.4 Å². The highest BCUT2D eigenvalue weighted by molar-refractivity contribution is 6.21. The van der Waals surface area contributed by atoms with Crippen molar-refractivity contribution in [1.29, 1.82) is 0 Å². The third-order valence-corrected chi connectivity index (χ3v) is 5.47. The summed E-state index contributed by atoms with van der Waals surface area (Å²) in [4.78, 5) is 46.8. The predicted octanol–water partition coefficient (Wildman–Crippen LogP) is 4.68. The number of hydrogen-bond acceptors (Lipinski definition) is 6. The van der Waals surface area contributed by atoms with Crippen LogP contribution >= 0.6 is 0 Å². The maximum absolute atomic E-state index is 12.4. The number of aryl methyl sites for hydroxylation is 2. The molecule has 3 aromatic rings. The lowest BCUT2D eigenvalue weighted by Gasteiger charge is -2.13. The Bertz CT molecular complexity index is 1170.